The average molecular weight is 510 g/mol. The summed E-state index contributed by atoms with van der Waals surface area (Å²) >= 11 is 3.92. The lowest BCUT2D eigenvalue weighted by Crippen LogP contribution is -2.57. The van der Waals surface area contributed by atoms with Gasteiger partial charge in [0.05, 0.1) is 6.04 Å². The highest BCUT2D eigenvalue weighted by molar-refractivity contribution is 7.80. The van der Waals surface area contributed by atoms with Crippen molar-refractivity contribution in [2.45, 2.75) is 56.3 Å². The van der Waals surface area contributed by atoms with Gasteiger partial charge in [-0.15, -0.1) is 0 Å². The lowest BCUT2D eigenvalue weighted by atomic mass is 10.0. The van der Waals surface area contributed by atoms with E-state index in [9.17, 15) is 29.1 Å². The first-order valence-electron chi connectivity index (χ1n) is 11.1. The number of phenolic OH excluding ortho intramolecular Hbond substituents is 1. The van der Waals surface area contributed by atoms with Crippen molar-refractivity contribution in [3.63, 3.8) is 0 Å². The minimum Gasteiger partial charge on any atom is -0.508 e. The molecule has 8 N–H and O–H groups in total. The lowest BCUT2D eigenvalue weighted by Gasteiger charge is -2.29. The Morgan fingerprint density at radius 1 is 1.11 bits per heavy atom. The Balaban J connectivity index is 2.11. The number of primary amides is 1. The van der Waals surface area contributed by atoms with Gasteiger partial charge >= 0.3 is 5.97 Å². The number of nitrogens with zero attached hydrogens (tertiary/aromatic N) is 1. The minimum atomic E-state index is -1.25. The SMILES string of the molecule is NC(=O)CCC(NC(=O)C(N)Cc1ccc(O)cc1)C(=O)N1CCCC1C(=O)NC(CS)C(=O)O. The molecule has 0 saturated carbocycles. The molecule has 4 unspecified atom stereocenters. The van der Waals surface area contributed by atoms with E-state index in [0.717, 1.165) is 0 Å². The quantitative estimate of drug-likeness (QED) is 0.165. The highest BCUT2D eigenvalue weighted by Crippen LogP contribution is 2.20. The van der Waals surface area contributed by atoms with Crippen LogP contribution in [-0.4, -0.2) is 81.2 Å². The Kier molecular flexibility index (Phi) is 10.3. The lowest BCUT2D eigenvalue weighted by molar-refractivity contribution is -0.144. The predicted molar refractivity (Wildman–Crippen MR) is 128 cm³/mol. The number of benzene rings is 1. The molecule has 1 aromatic carbocycles. The Hall–Kier alpha value is -3.32. The topological polar surface area (TPSA) is 205 Å². The summed E-state index contributed by atoms with van der Waals surface area (Å²) in [5, 5.41) is 23.5. The Bertz CT molecular complexity index is 943. The molecule has 0 aliphatic carbocycles. The van der Waals surface area contributed by atoms with Crippen molar-refractivity contribution in [2.24, 2.45) is 11.5 Å². The first-order chi connectivity index (χ1) is 16.5. The standard InChI is InChI=1S/C22H31N5O7S/c23-14(10-12-3-5-13(28)6-4-12)19(30)25-15(7-8-18(24)29)21(32)27-9-1-2-17(27)20(31)26-16(11-35)22(33)34/h3-6,14-17,28,35H,1-2,7-11,23H2,(H2,24,29)(H,25,30)(H,26,31)(H,33,34). The van der Waals surface area contributed by atoms with Crippen molar-refractivity contribution in [3.8, 4) is 5.75 Å². The number of rotatable bonds is 12. The van der Waals surface area contributed by atoms with Gasteiger partial charge in [-0.1, -0.05) is 12.1 Å². The summed E-state index contributed by atoms with van der Waals surface area (Å²) < 4.78 is 0. The number of aromatic hydroxyl groups is 1. The number of carbonyl (C=O) groups excluding carboxylic acids is 4. The molecule has 0 spiro atoms. The highest BCUT2D eigenvalue weighted by Gasteiger charge is 2.39. The fraction of sp³-hybridized carbons (Fsp3) is 0.500. The van der Waals surface area contributed by atoms with Crippen molar-refractivity contribution in [1.82, 2.24) is 15.5 Å². The van der Waals surface area contributed by atoms with Gasteiger partial charge in [0.25, 0.3) is 0 Å². The van der Waals surface area contributed by atoms with E-state index >= 15 is 0 Å². The van der Waals surface area contributed by atoms with Crippen LogP contribution in [0, 0.1) is 0 Å². The summed E-state index contributed by atoms with van der Waals surface area (Å²) in [4.78, 5) is 62.5. The molecule has 1 saturated heterocycles. The third kappa shape index (κ3) is 8.14. The van der Waals surface area contributed by atoms with E-state index < -0.39 is 53.8 Å². The molecule has 13 heteroatoms. The van der Waals surface area contributed by atoms with Crippen LogP contribution in [0.2, 0.25) is 0 Å². The van der Waals surface area contributed by atoms with Crippen molar-refractivity contribution in [1.29, 1.82) is 0 Å². The molecule has 0 radical (unpaired) electrons. The Labute approximate surface area is 207 Å². The molecule has 1 aliphatic heterocycles. The molecular formula is C22H31N5O7S. The van der Waals surface area contributed by atoms with Crippen LogP contribution in [0.25, 0.3) is 0 Å². The molecular weight excluding hydrogens is 478 g/mol. The van der Waals surface area contributed by atoms with Gasteiger partial charge in [0.15, 0.2) is 0 Å². The molecule has 4 amide bonds. The largest absolute Gasteiger partial charge is 0.508 e. The number of carboxylic acid groups (broad SMARTS) is 1. The maximum absolute atomic E-state index is 13.3. The fourth-order valence-electron chi connectivity index (χ4n) is 3.76. The zero-order valence-electron chi connectivity index (χ0n) is 19.1. The van der Waals surface area contributed by atoms with E-state index in [2.05, 4.69) is 23.3 Å². The van der Waals surface area contributed by atoms with Gasteiger partial charge in [-0.25, -0.2) is 4.79 Å². The molecule has 1 fully saturated rings. The Morgan fingerprint density at radius 2 is 1.77 bits per heavy atom. The number of nitrogens with one attached hydrogen (secondary N) is 2. The molecule has 1 aromatic rings. The normalized spacial score (nSPS) is 17.8. The first kappa shape index (κ1) is 27.9. The van der Waals surface area contributed by atoms with Gasteiger partial charge < -0.3 is 37.2 Å². The second-order valence-corrected chi connectivity index (χ2v) is 8.68. The molecule has 0 aromatic heterocycles. The number of hydrogen-bond acceptors (Lipinski definition) is 8. The van der Waals surface area contributed by atoms with Gasteiger partial charge in [0.2, 0.25) is 23.6 Å². The highest BCUT2D eigenvalue weighted by atomic mass is 32.1. The van der Waals surface area contributed by atoms with E-state index in [1.807, 2.05) is 0 Å². The third-order valence-corrected chi connectivity index (χ3v) is 6.02. The van der Waals surface area contributed by atoms with E-state index in [-0.39, 0.29) is 37.3 Å². The number of likely N-dealkylation sites (tertiary alicyclic amines) is 1. The van der Waals surface area contributed by atoms with Crippen molar-refractivity contribution in [2.75, 3.05) is 12.3 Å². The van der Waals surface area contributed by atoms with Crippen LogP contribution in [0.15, 0.2) is 24.3 Å². The van der Waals surface area contributed by atoms with Crippen molar-refractivity contribution < 1.29 is 34.2 Å². The van der Waals surface area contributed by atoms with Crippen LogP contribution < -0.4 is 22.1 Å². The zero-order chi connectivity index (χ0) is 26.1. The molecule has 1 aliphatic rings. The van der Waals surface area contributed by atoms with Crippen LogP contribution in [0.4, 0.5) is 0 Å². The van der Waals surface area contributed by atoms with Crippen LogP contribution in [-0.2, 0) is 30.4 Å². The fourth-order valence-corrected chi connectivity index (χ4v) is 4.01. The average Bonchev–Trinajstić information content (AvgIpc) is 3.30. The zero-order valence-corrected chi connectivity index (χ0v) is 19.9. The summed E-state index contributed by atoms with van der Waals surface area (Å²) in [5.74, 6) is -3.84. The maximum atomic E-state index is 13.3. The number of nitrogens with two attached hydrogens (primary N) is 2. The van der Waals surface area contributed by atoms with Crippen LogP contribution in [0.1, 0.15) is 31.2 Å². The number of aliphatic carboxylic acids is 1. The summed E-state index contributed by atoms with van der Waals surface area (Å²) in [6, 6.07) is 1.82. The van der Waals surface area contributed by atoms with E-state index in [1.165, 1.54) is 17.0 Å². The molecule has 0 bridgehead atoms. The summed E-state index contributed by atoms with van der Waals surface area (Å²) in [5.41, 5.74) is 11.9. The number of carbonyl (C=O) groups is 5. The van der Waals surface area contributed by atoms with E-state index in [0.29, 0.717) is 18.4 Å². The first-order valence-corrected chi connectivity index (χ1v) is 11.7. The molecule has 1 heterocycles. The number of amides is 4. The van der Waals surface area contributed by atoms with Gasteiger partial charge in [0, 0.05) is 18.7 Å². The van der Waals surface area contributed by atoms with Gasteiger partial charge in [-0.2, -0.15) is 12.6 Å². The molecule has 4 atom stereocenters. The predicted octanol–water partition coefficient (Wildman–Crippen LogP) is -1.50. The monoisotopic (exact) mass is 509 g/mol. The van der Waals surface area contributed by atoms with Gasteiger partial charge in [0.1, 0.15) is 23.9 Å². The summed E-state index contributed by atoms with van der Waals surface area (Å²) in [6.07, 6.45) is 0.672. The Morgan fingerprint density at radius 3 is 2.34 bits per heavy atom. The second kappa shape index (κ2) is 13.0. The van der Waals surface area contributed by atoms with Gasteiger partial charge in [-0.05, 0) is 43.4 Å². The van der Waals surface area contributed by atoms with Crippen LogP contribution >= 0.6 is 12.6 Å². The summed E-state index contributed by atoms with van der Waals surface area (Å²) in [7, 11) is 0. The maximum Gasteiger partial charge on any atom is 0.327 e. The second-order valence-electron chi connectivity index (χ2n) is 8.31. The number of hydrogen-bond donors (Lipinski definition) is 7. The number of carboxylic acids is 1. The molecule has 12 nitrogen and oxygen atoms in total. The molecule has 2 rings (SSSR count). The smallest absolute Gasteiger partial charge is 0.327 e. The van der Waals surface area contributed by atoms with Crippen molar-refractivity contribution in [3.05, 3.63) is 29.8 Å². The van der Waals surface area contributed by atoms with E-state index in [4.69, 9.17) is 16.6 Å². The minimum absolute atomic E-state index is 0.0668. The van der Waals surface area contributed by atoms with Gasteiger partial charge in [-0.3, -0.25) is 19.2 Å². The number of phenols is 1. The molecule has 192 valence electrons. The molecule has 35 heavy (non-hydrogen) atoms. The van der Waals surface area contributed by atoms with Crippen LogP contribution in [0.3, 0.4) is 0 Å². The van der Waals surface area contributed by atoms with Crippen molar-refractivity contribution >= 4 is 42.2 Å². The number of thiol groups is 1. The summed E-state index contributed by atoms with van der Waals surface area (Å²) in [6.45, 7) is 0.220. The van der Waals surface area contributed by atoms with E-state index in [1.54, 1.807) is 12.1 Å². The van der Waals surface area contributed by atoms with Crippen LogP contribution in [0.5, 0.6) is 5.75 Å². The third-order valence-electron chi connectivity index (χ3n) is 5.66.